The third-order valence-electron chi connectivity index (χ3n) is 4.53. The second kappa shape index (κ2) is 7.21. The van der Waals surface area contributed by atoms with Gasteiger partial charge in [-0.25, -0.2) is 9.37 Å². The topological polar surface area (TPSA) is 36.4 Å². The Hall–Kier alpha value is -2.18. The maximum absolute atomic E-state index is 13.0. The lowest BCUT2D eigenvalue weighted by atomic mass is 10.1. The summed E-state index contributed by atoms with van der Waals surface area (Å²) in [6.45, 7) is 2.80. The Balaban J connectivity index is 1.39. The quantitative estimate of drug-likeness (QED) is 0.679. The van der Waals surface area contributed by atoms with E-state index >= 15 is 0 Å². The Labute approximate surface area is 159 Å². The Morgan fingerprint density at radius 1 is 1.12 bits per heavy atom. The first-order chi connectivity index (χ1) is 12.6. The summed E-state index contributed by atoms with van der Waals surface area (Å²) in [6.07, 6.45) is 0.303. The molecular weight excluding hydrogens is 373 g/mol. The minimum atomic E-state index is -0.286. The van der Waals surface area contributed by atoms with Gasteiger partial charge in [0.2, 0.25) is 5.91 Å². The van der Waals surface area contributed by atoms with Crippen LogP contribution in [-0.4, -0.2) is 42.0 Å². The number of carbonyl (C=O) groups is 1. The molecule has 134 valence electrons. The third-order valence-corrected chi connectivity index (χ3v) is 5.92. The van der Waals surface area contributed by atoms with E-state index in [1.165, 1.54) is 12.1 Å². The van der Waals surface area contributed by atoms with Crippen LogP contribution in [0.15, 0.2) is 42.5 Å². The first kappa shape index (κ1) is 17.2. The molecule has 1 saturated heterocycles. The first-order valence-corrected chi connectivity index (χ1v) is 9.62. The van der Waals surface area contributed by atoms with Crippen molar-refractivity contribution in [3.63, 3.8) is 0 Å². The highest BCUT2D eigenvalue weighted by atomic mass is 35.5. The highest BCUT2D eigenvalue weighted by Gasteiger charge is 2.23. The van der Waals surface area contributed by atoms with E-state index in [2.05, 4.69) is 9.88 Å². The maximum atomic E-state index is 13.0. The number of rotatable bonds is 3. The summed E-state index contributed by atoms with van der Waals surface area (Å²) in [4.78, 5) is 21.2. The molecule has 0 spiro atoms. The normalized spacial score (nSPS) is 14.8. The van der Waals surface area contributed by atoms with Crippen LogP contribution in [-0.2, 0) is 11.2 Å². The number of hydrogen-bond donors (Lipinski definition) is 0. The van der Waals surface area contributed by atoms with E-state index in [-0.39, 0.29) is 11.7 Å². The molecule has 4 nitrogen and oxygen atoms in total. The fraction of sp³-hybridized carbons (Fsp3) is 0.263. The predicted molar refractivity (Wildman–Crippen MR) is 104 cm³/mol. The van der Waals surface area contributed by atoms with Gasteiger partial charge in [-0.3, -0.25) is 4.79 Å². The van der Waals surface area contributed by atoms with Crippen molar-refractivity contribution in [2.45, 2.75) is 6.42 Å². The van der Waals surface area contributed by atoms with Crippen LogP contribution in [0.1, 0.15) is 5.56 Å². The number of amides is 1. The monoisotopic (exact) mass is 389 g/mol. The smallest absolute Gasteiger partial charge is 0.227 e. The number of aromatic nitrogens is 1. The molecule has 1 amide bonds. The van der Waals surface area contributed by atoms with E-state index in [4.69, 9.17) is 11.6 Å². The Bertz CT molecular complexity index is 936. The number of anilines is 1. The summed E-state index contributed by atoms with van der Waals surface area (Å²) in [5.41, 5.74) is 1.67. The first-order valence-electron chi connectivity index (χ1n) is 8.42. The fourth-order valence-corrected chi connectivity index (χ4v) is 4.39. The van der Waals surface area contributed by atoms with Crippen molar-refractivity contribution in [2.24, 2.45) is 0 Å². The van der Waals surface area contributed by atoms with E-state index in [1.54, 1.807) is 23.5 Å². The summed E-state index contributed by atoms with van der Waals surface area (Å²) in [5.74, 6) is -0.214. The maximum Gasteiger partial charge on any atom is 0.227 e. The molecule has 4 rings (SSSR count). The summed E-state index contributed by atoms with van der Waals surface area (Å²) >= 11 is 7.83. The molecule has 0 N–H and O–H groups in total. The molecule has 0 saturated carbocycles. The van der Waals surface area contributed by atoms with E-state index in [0.717, 1.165) is 34.0 Å². The minimum absolute atomic E-state index is 0.0728. The Kier molecular flexibility index (Phi) is 4.78. The van der Waals surface area contributed by atoms with Crippen molar-refractivity contribution >= 4 is 44.2 Å². The molecule has 0 unspecified atom stereocenters. The van der Waals surface area contributed by atoms with Crippen LogP contribution in [0.5, 0.6) is 0 Å². The number of para-hydroxylation sites is 1. The van der Waals surface area contributed by atoms with Crippen LogP contribution in [0.25, 0.3) is 10.2 Å². The Morgan fingerprint density at radius 3 is 2.54 bits per heavy atom. The number of thiazole rings is 1. The number of nitrogens with zero attached hydrogens (tertiary/aromatic N) is 3. The molecule has 0 aliphatic carbocycles. The molecule has 7 heteroatoms. The number of hydrogen-bond acceptors (Lipinski definition) is 4. The van der Waals surface area contributed by atoms with Gasteiger partial charge in [0.25, 0.3) is 0 Å². The average Bonchev–Trinajstić information content (AvgIpc) is 3.09. The molecule has 1 aliphatic heterocycles. The zero-order chi connectivity index (χ0) is 18.1. The SMILES string of the molecule is O=C(Cc1ccc(F)cc1)N1CCN(c2nc3c(Cl)cccc3s2)CC1. The van der Waals surface area contributed by atoms with E-state index in [1.807, 2.05) is 23.1 Å². The van der Waals surface area contributed by atoms with Gasteiger partial charge in [0.15, 0.2) is 5.13 Å². The highest BCUT2D eigenvalue weighted by molar-refractivity contribution is 7.22. The lowest BCUT2D eigenvalue weighted by Gasteiger charge is -2.34. The highest BCUT2D eigenvalue weighted by Crippen LogP contribution is 2.33. The molecule has 1 fully saturated rings. The van der Waals surface area contributed by atoms with Gasteiger partial charge in [-0.1, -0.05) is 41.1 Å². The number of piperazine rings is 1. The van der Waals surface area contributed by atoms with Gasteiger partial charge in [-0.2, -0.15) is 0 Å². The van der Waals surface area contributed by atoms with E-state index in [0.29, 0.717) is 24.5 Å². The van der Waals surface area contributed by atoms with Gasteiger partial charge in [0.05, 0.1) is 16.1 Å². The molecule has 0 radical (unpaired) electrons. The van der Waals surface area contributed by atoms with Gasteiger partial charge in [0.1, 0.15) is 11.3 Å². The lowest BCUT2D eigenvalue weighted by molar-refractivity contribution is -0.130. The lowest BCUT2D eigenvalue weighted by Crippen LogP contribution is -2.49. The van der Waals surface area contributed by atoms with Crippen molar-refractivity contribution in [1.29, 1.82) is 0 Å². The standard InChI is InChI=1S/C19H17ClFN3OS/c20-15-2-1-3-16-18(15)22-19(26-16)24-10-8-23(9-11-24)17(25)12-13-4-6-14(21)7-5-13/h1-7H,8-12H2. The van der Waals surface area contributed by atoms with Crippen LogP contribution in [0.2, 0.25) is 5.02 Å². The summed E-state index contributed by atoms with van der Waals surface area (Å²) in [5, 5.41) is 1.61. The van der Waals surface area contributed by atoms with Gasteiger partial charge in [-0.05, 0) is 29.8 Å². The number of carbonyl (C=O) groups excluding carboxylic acids is 1. The predicted octanol–water partition coefficient (Wildman–Crippen LogP) is 3.98. The molecule has 2 heterocycles. The van der Waals surface area contributed by atoms with Crippen molar-refractivity contribution < 1.29 is 9.18 Å². The van der Waals surface area contributed by atoms with Gasteiger partial charge in [-0.15, -0.1) is 0 Å². The molecule has 0 bridgehead atoms. The zero-order valence-corrected chi connectivity index (χ0v) is 15.6. The van der Waals surface area contributed by atoms with Crippen LogP contribution >= 0.6 is 22.9 Å². The van der Waals surface area contributed by atoms with E-state index < -0.39 is 0 Å². The van der Waals surface area contributed by atoms with Gasteiger partial charge in [0, 0.05) is 26.2 Å². The number of halogens is 2. The molecule has 1 aliphatic rings. The van der Waals surface area contributed by atoms with Crippen LogP contribution in [0.3, 0.4) is 0 Å². The largest absolute Gasteiger partial charge is 0.345 e. The van der Waals surface area contributed by atoms with Gasteiger partial charge >= 0.3 is 0 Å². The molecule has 1 aromatic heterocycles. The molecule has 2 aromatic carbocycles. The molecule has 0 atom stereocenters. The van der Waals surface area contributed by atoms with Crippen molar-refractivity contribution in [2.75, 3.05) is 31.1 Å². The molecular formula is C19H17ClFN3OS. The van der Waals surface area contributed by atoms with E-state index in [9.17, 15) is 9.18 Å². The average molecular weight is 390 g/mol. The van der Waals surface area contributed by atoms with Crippen LogP contribution in [0, 0.1) is 5.82 Å². The van der Waals surface area contributed by atoms with Crippen molar-refractivity contribution in [3.8, 4) is 0 Å². The zero-order valence-electron chi connectivity index (χ0n) is 14.0. The van der Waals surface area contributed by atoms with Crippen LogP contribution < -0.4 is 4.90 Å². The summed E-state index contributed by atoms with van der Waals surface area (Å²) in [7, 11) is 0. The molecule has 26 heavy (non-hydrogen) atoms. The number of fused-ring (bicyclic) bond motifs is 1. The minimum Gasteiger partial charge on any atom is -0.345 e. The third kappa shape index (κ3) is 3.52. The Morgan fingerprint density at radius 2 is 1.85 bits per heavy atom. The molecule has 3 aromatic rings. The van der Waals surface area contributed by atoms with Gasteiger partial charge < -0.3 is 9.80 Å². The second-order valence-corrected chi connectivity index (χ2v) is 7.67. The fourth-order valence-electron chi connectivity index (χ4n) is 3.07. The van der Waals surface area contributed by atoms with Crippen LogP contribution in [0.4, 0.5) is 9.52 Å². The van der Waals surface area contributed by atoms with Crippen molar-refractivity contribution in [1.82, 2.24) is 9.88 Å². The summed E-state index contributed by atoms with van der Waals surface area (Å²) in [6, 6.07) is 11.9. The second-order valence-electron chi connectivity index (χ2n) is 6.25. The summed E-state index contributed by atoms with van der Waals surface area (Å²) < 4.78 is 14.0. The van der Waals surface area contributed by atoms with Crippen molar-refractivity contribution in [3.05, 3.63) is 58.9 Å². The number of benzene rings is 2.